The molecule has 0 aliphatic heterocycles. The van der Waals surface area contributed by atoms with Gasteiger partial charge in [-0.2, -0.15) is 13.2 Å². The highest BCUT2D eigenvalue weighted by molar-refractivity contribution is 8.00. The number of benzene rings is 1. The number of thioether (sulfide) groups is 1. The molecule has 0 saturated heterocycles. The monoisotopic (exact) mass is 232 g/mol. The highest BCUT2D eigenvalue weighted by atomic mass is 32.2. The summed E-state index contributed by atoms with van der Waals surface area (Å²) in [5, 5.41) is 0. The van der Waals surface area contributed by atoms with Gasteiger partial charge in [-0.25, -0.2) is 0 Å². The van der Waals surface area contributed by atoms with E-state index in [1.54, 1.807) is 12.1 Å². The number of hydrogen-bond donors (Lipinski definition) is 0. The van der Waals surface area contributed by atoms with Crippen LogP contribution in [0.25, 0.3) is 0 Å². The van der Waals surface area contributed by atoms with Gasteiger partial charge in [0.15, 0.2) is 0 Å². The first-order chi connectivity index (χ1) is 6.94. The predicted molar refractivity (Wildman–Crippen MR) is 55.1 cm³/mol. The topological polar surface area (TPSA) is 0 Å². The summed E-state index contributed by atoms with van der Waals surface area (Å²) in [5.41, 5.74) is -2.22. The lowest BCUT2D eigenvalue weighted by molar-refractivity contribution is -0.0328. The third-order valence-electron chi connectivity index (χ3n) is 2.36. The van der Waals surface area contributed by atoms with Gasteiger partial charge in [0.05, 0.1) is 0 Å². The molecular formula is C11H11F3S. The Hall–Kier alpha value is -0.640. The average molecular weight is 232 g/mol. The lowest BCUT2D eigenvalue weighted by atomic mass is 10.1. The van der Waals surface area contributed by atoms with E-state index in [1.165, 1.54) is 0 Å². The summed E-state index contributed by atoms with van der Waals surface area (Å²) in [6, 6.07) is 5.24. The molecule has 0 atom stereocenters. The third-order valence-corrected chi connectivity index (χ3v) is 3.06. The first-order valence-corrected chi connectivity index (χ1v) is 5.63. The van der Waals surface area contributed by atoms with Crippen molar-refractivity contribution in [2.45, 2.75) is 36.1 Å². The zero-order valence-electron chi connectivity index (χ0n) is 8.27. The zero-order valence-corrected chi connectivity index (χ0v) is 9.08. The van der Waals surface area contributed by atoms with Gasteiger partial charge in [0.1, 0.15) is 0 Å². The molecule has 0 bridgehead atoms. The molecule has 0 unspecified atom stereocenters. The van der Waals surface area contributed by atoms with Crippen LogP contribution in [-0.2, 0) is 0 Å². The van der Waals surface area contributed by atoms with Gasteiger partial charge in [-0.05, 0) is 60.7 Å². The molecule has 15 heavy (non-hydrogen) atoms. The van der Waals surface area contributed by atoms with Crippen LogP contribution >= 0.6 is 11.8 Å². The first kappa shape index (κ1) is 10.9. The molecule has 0 amide bonds. The van der Waals surface area contributed by atoms with E-state index in [-0.39, 0.29) is 11.8 Å². The largest absolute Gasteiger partial charge is 0.446 e. The molecule has 2 rings (SSSR count). The smallest absolute Gasteiger partial charge is 0.160 e. The Balaban J connectivity index is 2.23. The Bertz CT molecular complexity index is 367. The molecule has 1 aromatic rings. The Morgan fingerprint density at radius 3 is 2.40 bits per heavy atom. The molecule has 0 radical (unpaired) electrons. The maximum Gasteiger partial charge on any atom is 0.446 e. The van der Waals surface area contributed by atoms with Crippen LogP contribution in [0.2, 0.25) is 0 Å². The summed E-state index contributed by atoms with van der Waals surface area (Å²) in [6.45, 7) is 1.84. The number of alkyl halides is 3. The molecule has 1 saturated carbocycles. The Morgan fingerprint density at radius 1 is 1.20 bits per heavy atom. The minimum Gasteiger partial charge on any atom is -0.160 e. The molecule has 0 spiro atoms. The number of aryl methyl sites for hydroxylation is 1. The average Bonchev–Trinajstić information content (AvgIpc) is 2.80. The molecule has 82 valence electrons. The fraction of sp³-hybridized carbons (Fsp3) is 0.455. The van der Waals surface area contributed by atoms with E-state index in [2.05, 4.69) is 0 Å². The zero-order chi connectivity index (χ0) is 11.1. The standard InChI is InChI=1S/C11H11F3S/c1-7-4-9(8-2-3-8)6-10(5-7)15-11(12,13)14/h4-6,8H,2-3H2,1H3. The van der Waals surface area contributed by atoms with Crippen LogP contribution in [-0.4, -0.2) is 5.51 Å². The third kappa shape index (κ3) is 3.16. The molecule has 4 heteroatoms. The van der Waals surface area contributed by atoms with Crippen molar-refractivity contribution in [1.29, 1.82) is 0 Å². The van der Waals surface area contributed by atoms with Gasteiger partial charge in [0, 0.05) is 4.90 Å². The molecule has 1 aliphatic rings. The minimum absolute atomic E-state index is 0.0257. The molecule has 1 aromatic carbocycles. The number of rotatable bonds is 2. The fourth-order valence-electron chi connectivity index (χ4n) is 1.62. The second kappa shape index (κ2) is 3.74. The van der Waals surface area contributed by atoms with Crippen LogP contribution in [0.1, 0.15) is 29.9 Å². The summed E-state index contributed by atoms with van der Waals surface area (Å²) >= 11 is -0.0257. The van der Waals surface area contributed by atoms with E-state index < -0.39 is 5.51 Å². The van der Waals surface area contributed by atoms with Gasteiger partial charge >= 0.3 is 5.51 Å². The van der Waals surface area contributed by atoms with Gasteiger partial charge in [0.25, 0.3) is 0 Å². The fourth-order valence-corrected chi connectivity index (χ4v) is 2.33. The molecule has 1 aliphatic carbocycles. The molecule has 0 nitrogen and oxygen atoms in total. The summed E-state index contributed by atoms with van der Waals surface area (Å²) in [5.74, 6) is 0.498. The van der Waals surface area contributed by atoms with Gasteiger partial charge in [0.2, 0.25) is 0 Å². The van der Waals surface area contributed by atoms with Crippen molar-refractivity contribution in [3.05, 3.63) is 29.3 Å². The van der Waals surface area contributed by atoms with Crippen LogP contribution in [0.15, 0.2) is 23.1 Å². The van der Waals surface area contributed by atoms with Crippen molar-refractivity contribution in [2.75, 3.05) is 0 Å². The van der Waals surface area contributed by atoms with Crippen molar-refractivity contribution < 1.29 is 13.2 Å². The van der Waals surface area contributed by atoms with Crippen molar-refractivity contribution >= 4 is 11.8 Å². The molecule has 1 fully saturated rings. The van der Waals surface area contributed by atoms with E-state index >= 15 is 0 Å². The highest BCUT2D eigenvalue weighted by Crippen LogP contribution is 2.43. The predicted octanol–water partition coefficient (Wildman–Crippen LogP) is 4.48. The van der Waals surface area contributed by atoms with E-state index in [0.29, 0.717) is 10.8 Å². The lowest BCUT2D eigenvalue weighted by Crippen LogP contribution is -1.99. The van der Waals surface area contributed by atoms with Gasteiger partial charge < -0.3 is 0 Å². The van der Waals surface area contributed by atoms with Crippen molar-refractivity contribution in [3.63, 3.8) is 0 Å². The Kier molecular flexibility index (Phi) is 2.71. The van der Waals surface area contributed by atoms with Crippen LogP contribution in [0.4, 0.5) is 13.2 Å². The number of halogens is 3. The highest BCUT2D eigenvalue weighted by Gasteiger charge is 2.30. The summed E-state index contributed by atoms with van der Waals surface area (Å²) in [4.78, 5) is 0.310. The first-order valence-electron chi connectivity index (χ1n) is 4.81. The SMILES string of the molecule is Cc1cc(SC(F)(F)F)cc(C2CC2)c1. The molecule has 0 heterocycles. The summed E-state index contributed by atoms with van der Waals surface area (Å²) in [6.07, 6.45) is 2.22. The van der Waals surface area contributed by atoms with E-state index in [1.807, 2.05) is 13.0 Å². The summed E-state index contributed by atoms with van der Waals surface area (Å²) < 4.78 is 36.6. The second-order valence-corrected chi connectivity index (χ2v) is 5.04. The van der Waals surface area contributed by atoms with Crippen LogP contribution in [0.3, 0.4) is 0 Å². The van der Waals surface area contributed by atoms with Crippen molar-refractivity contribution in [3.8, 4) is 0 Å². The Morgan fingerprint density at radius 2 is 1.87 bits per heavy atom. The second-order valence-electron chi connectivity index (χ2n) is 3.90. The van der Waals surface area contributed by atoms with Crippen LogP contribution in [0.5, 0.6) is 0 Å². The van der Waals surface area contributed by atoms with Gasteiger partial charge in [-0.1, -0.05) is 6.07 Å². The van der Waals surface area contributed by atoms with E-state index in [9.17, 15) is 13.2 Å². The van der Waals surface area contributed by atoms with Crippen LogP contribution in [0, 0.1) is 6.92 Å². The van der Waals surface area contributed by atoms with Gasteiger partial charge in [-0.3, -0.25) is 0 Å². The van der Waals surface area contributed by atoms with Crippen LogP contribution < -0.4 is 0 Å². The maximum absolute atomic E-state index is 12.2. The molecule has 0 aromatic heterocycles. The summed E-state index contributed by atoms with van der Waals surface area (Å²) in [7, 11) is 0. The minimum atomic E-state index is -4.19. The Labute approximate surface area is 90.9 Å². The van der Waals surface area contributed by atoms with Gasteiger partial charge in [-0.15, -0.1) is 0 Å². The quantitative estimate of drug-likeness (QED) is 0.677. The maximum atomic E-state index is 12.2. The lowest BCUT2D eigenvalue weighted by Gasteiger charge is -2.08. The molecule has 0 N–H and O–H groups in total. The van der Waals surface area contributed by atoms with Crippen molar-refractivity contribution in [2.24, 2.45) is 0 Å². The van der Waals surface area contributed by atoms with E-state index in [0.717, 1.165) is 24.0 Å². The molecular weight excluding hydrogens is 221 g/mol. The number of hydrogen-bond acceptors (Lipinski definition) is 1. The van der Waals surface area contributed by atoms with Crippen molar-refractivity contribution in [1.82, 2.24) is 0 Å². The van der Waals surface area contributed by atoms with E-state index in [4.69, 9.17) is 0 Å². The normalized spacial score (nSPS) is 16.8.